The Morgan fingerprint density at radius 3 is 1.51 bits per heavy atom. The van der Waals surface area contributed by atoms with Crippen molar-refractivity contribution in [1.82, 2.24) is 47.0 Å². The molecule has 0 saturated carbocycles. The average Bonchev–Trinajstić information content (AvgIpc) is 4.06. The van der Waals surface area contributed by atoms with Gasteiger partial charge in [0.2, 0.25) is 53.2 Å². The molecule has 2 heterocycles. The molecule has 0 bridgehead atoms. The summed E-state index contributed by atoms with van der Waals surface area (Å²) in [6.07, 6.45) is 1.42. The largest absolute Gasteiger partial charge is 0.508 e. The second kappa shape index (κ2) is 28.5. The first kappa shape index (κ1) is 59.8. The van der Waals surface area contributed by atoms with Gasteiger partial charge in [0.25, 0.3) is 0 Å². The summed E-state index contributed by atoms with van der Waals surface area (Å²) in [5, 5.41) is 75.6. The van der Waals surface area contributed by atoms with Crippen molar-refractivity contribution in [2.45, 2.75) is 140 Å². The fourth-order valence-electron chi connectivity index (χ4n) is 8.12. The van der Waals surface area contributed by atoms with Crippen LogP contribution in [0.3, 0.4) is 0 Å². The first-order valence-corrected chi connectivity index (χ1v) is 23.9. The van der Waals surface area contributed by atoms with Crippen LogP contribution in [0.5, 0.6) is 5.75 Å². The third-order valence-corrected chi connectivity index (χ3v) is 12.5. The molecule has 9 amide bonds. The van der Waals surface area contributed by atoms with Gasteiger partial charge in [-0.1, -0.05) is 46.2 Å². The highest BCUT2D eigenvalue weighted by Crippen LogP contribution is 2.23. The molecule has 2 saturated heterocycles. The molecule has 26 nitrogen and oxygen atoms in total. The second-order valence-electron chi connectivity index (χ2n) is 18.5. The zero-order valence-electron chi connectivity index (χ0n) is 41.2. The van der Waals surface area contributed by atoms with Gasteiger partial charge in [0.05, 0.1) is 26.4 Å². The Balaban J connectivity index is 1.66. The van der Waals surface area contributed by atoms with Crippen LogP contribution in [0.4, 0.5) is 0 Å². The number of nitrogens with zero attached hydrogens (tertiary/aromatic N) is 2. The van der Waals surface area contributed by atoms with E-state index in [1.165, 1.54) is 41.0 Å². The number of phenols is 1. The molecule has 402 valence electrons. The van der Waals surface area contributed by atoms with Gasteiger partial charge in [0, 0.05) is 19.5 Å². The number of nitrogens with two attached hydrogens (primary N) is 1. The van der Waals surface area contributed by atoms with Gasteiger partial charge in [0.1, 0.15) is 66.2 Å². The summed E-state index contributed by atoms with van der Waals surface area (Å²) in [6.45, 7) is 4.89. The predicted molar refractivity (Wildman–Crippen MR) is 253 cm³/mol. The zero-order valence-corrected chi connectivity index (χ0v) is 41.2. The van der Waals surface area contributed by atoms with Gasteiger partial charge in [-0.3, -0.25) is 43.2 Å². The van der Waals surface area contributed by atoms with Gasteiger partial charge >= 0.3 is 5.97 Å². The van der Waals surface area contributed by atoms with Gasteiger partial charge < -0.3 is 83.4 Å². The molecule has 2 aliphatic heterocycles. The monoisotopic (exact) mass is 1020 g/mol. The summed E-state index contributed by atoms with van der Waals surface area (Å²) in [7, 11) is 0. The molecule has 0 unspecified atom stereocenters. The van der Waals surface area contributed by atoms with Crippen molar-refractivity contribution >= 4 is 59.1 Å². The van der Waals surface area contributed by atoms with E-state index in [9.17, 15) is 78.6 Å². The van der Waals surface area contributed by atoms with E-state index in [0.717, 1.165) is 0 Å². The first-order valence-electron chi connectivity index (χ1n) is 23.9. The molecule has 0 radical (unpaired) electrons. The predicted octanol–water partition coefficient (Wildman–Crippen LogP) is -5.20. The Kier molecular flexibility index (Phi) is 23.7. The van der Waals surface area contributed by atoms with Crippen LogP contribution >= 0.6 is 0 Å². The van der Waals surface area contributed by atoms with E-state index in [1.54, 1.807) is 27.7 Å². The molecule has 15 N–H and O–H groups in total. The molecule has 3 rings (SSSR count). The number of hydrogen-bond donors (Lipinski definition) is 14. The van der Waals surface area contributed by atoms with Crippen LogP contribution in [-0.4, -0.2) is 200 Å². The molecular weight excluding hydrogens is 949 g/mol. The number of amides is 9. The number of carboxylic acid groups (broad SMARTS) is 1. The Bertz CT molecular complexity index is 2080. The fourth-order valence-corrected chi connectivity index (χ4v) is 8.12. The average molecular weight is 1020 g/mol. The number of carbonyl (C=O) groups is 10. The van der Waals surface area contributed by atoms with Crippen LogP contribution in [-0.2, 0) is 54.4 Å². The molecule has 0 spiro atoms. The highest BCUT2D eigenvalue weighted by molar-refractivity contribution is 5.99. The second-order valence-corrected chi connectivity index (χ2v) is 18.5. The third-order valence-electron chi connectivity index (χ3n) is 12.5. The summed E-state index contributed by atoms with van der Waals surface area (Å²) in [4.78, 5) is 135. The van der Waals surface area contributed by atoms with Crippen molar-refractivity contribution in [2.24, 2.45) is 17.6 Å². The minimum absolute atomic E-state index is 0.0120. The van der Waals surface area contributed by atoms with E-state index in [2.05, 4.69) is 37.2 Å². The molecule has 0 aliphatic carbocycles. The number of likely N-dealkylation sites (tertiary alicyclic amines) is 2. The quantitative estimate of drug-likeness (QED) is 0.0392. The van der Waals surface area contributed by atoms with Crippen molar-refractivity contribution in [1.29, 1.82) is 0 Å². The number of hydrogen-bond acceptors (Lipinski definition) is 16. The molecule has 1 aromatic carbocycles. The zero-order chi connectivity index (χ0) is 54.0. The maximum Gasteiger partial charge on any atom is 0.326 e. The molecule has 26 heteroatoms. The van der Waals surface area contributed by atoms with Crippen LogP contribution in [0.1, 0.15) is 78.7 Å². The third kappa shape index (κ3) is 16.8. The van der Waals surface area contributed by atoms with E-state index >= 15 is 0 Å². The lowest BCUT2D eigenvalue weighted by Gasteiger charge is -2.33. The molecule has 2 aliphatic rings. The lowest BCUT2D eigenvalue weighted by molar-refractivity contribution is -0.144. The number of aliphatic hydroxyl groups excluding tert-OH is 4. The number of benzene rings is 1. The lowest BCUT2D eigenvalue weighted by Crippen LogP contribution is -2.61. The maximum atomic E-state index is 14.3. The number of rotatable bonds is 27. The van der Waals surface area contributed by atoms with Crippen molar-refractivity contribution in [2.75, 3.05) is 39.5 Å². The minimum Gasteiger partial charge on any atom is -0.508 e. The van der Waals surface area contributed by atoms with Gasteiger partial charge in [-0.2, -0.15) is 0 Å². The topological polar surface area (TPSA) is 409 Å². The molecule has 11 atom stereocenters. The Morgan fingerprint density at radius 2 is 1.04 bits per heavy atom. The molecule has 2 fully saturated rings. The molecular formula is C46H72N10O16. The SMILES string of the molecule is CC[C@H](C)[C@H](NC(=O)[C@H](CO)NC(=O)[C@@H]1CCCN1C(=O)[C@@H](N)CO)C(=O)N1CCC[C@H]1C(=O)N[C@@H](CC(C)C)C(=O)N[C@@H](CO)C(=O)N[C@@H](CO)C(=O)N[C@@H](C)C(=O)N[C@@H](Cc1ccc(O)cc1)C(=O)O. The van der Waals surface area contributed by atoms with Gasteiger partial charge in [-0.05, 0) is 68.6 Å². The number of aliphatic hydroxyl groups is 4. The van der Waals surface area contributed by atoms with Crippen LogP contribution in [0.15, 0.2) is 24.3 Å². The lowest BCUT2D eigenvalue weighted by atomic mass is 9.96. The summed E-state index contributed by atoms with van der Waals surface area (Å²) >= 11 is 0. The number of carbonyl (C=O) groups excluding carboxylic acids is 9. The number of carboxylic acids is 1. The van der Waals surface area contributed by atoms with E-state index in [-0.39, 0.29) is 50.4 Å². The van der Waals surface area contributed by atoms with E-state index in [0.29, 0.717) is 24.8 Å². The molecule has 72 heavy (non-hydrogen) atoms. The van der Waals surface area contributed by atoms with Gasteiger partial charge in [-0.15, -0.1) is 0 Å². The first-order chi connectivity index (χ1) is 34.0. The van der Waals surface area contributed by atoms with Crippen LogP contribution in [0, 0.1) is 11.8 Å². The Morgan fingerprint density at radius 1 is 0.597 bits per heavy atom. The van der Waals surface area contributed by atoms with Crippen LogP contribution in [0.25, 0.3) is 0 Å². The fraction of sp³-hybridized carbons (Fsp3) is 0.652. The number of phenolic OH excluding ortho intramolecular Hbond substituents is 1. The Hall–Kier alpha value is -6.48. The number of aromatic hydroxyl groups is 1. The summed E-state index contributed by atoms with van der Waals surface area (Å²) in [5.41, 5.74) is 6.16. The molecule has 0 aromatic heterocycles. The van der Waals surface area contributed by atoms with E-state index < -0.39 is 152 Å². The van der Waals surface area contributed by atoms with Crippen molar-refractivity contribution in [3.05, 3.63) is 29.8 Å². The summed E-state index contributed by atoms with van der Waals surface area (Å²) in [5.74, 6) is -9.99. The van der Waals surface area contributed by atoms with E-state index in [1.807, 2.05) is 0 Å². The number of nitrogens with one attached hydrogen (secondary N) is 7. The van der Waals surface area contributed by atoms with E-state index in [4.69, 9.17) is 5.73 Å². The van der Waals surface area contributed by atoms with Crippen molar-refractivity contribution in [3.8, 4) is 5.75 Å². The van der Waals surface area contributed by atoms with Crippen LogP contribution < -0.4 is 43.0 Å². The van der Waals surface area contributed by atoms with Crippen molar-refractivity contribution < 1.29 is 78.6 Å². The maximum absolute atomic E-state index is 14.3. The summed E-state index contributed by atoms with van der Waals surface area (Å²) in [6, 6.07) is -8.19. The summed E-state index contributed by atoms with van der Waals surface area (Å²) < 4.78 is 0. The number of aliphatic carboxylic acids is 1. The van der Waals surface area contributed by atoms with Gasteiger partial charge in [0.15, 0.2) is 0 Å². The smallest absolute Gasteiger partial charge is 0.326 e. The normalized spacial score (nSPS) is 19.3. The van der Waals surface area contributed by atoms with Gasteiger partial charge in [-0.25, -0.2) is 4.79 Å². The minimum atomic E-state index is -1.73. The van der Waals surface area contributed by atoms with Crippen molar-refractivity contribution in [3.63, 3.8) is 0 Å². The Labute approximate surface area is 416 Å². The highest BCUT2D eigenvalue weighted by atomic mass is 16.4. The molecule has 1 aromatic rings. The highest BCUT2D eigenvalue weighted by Gasteiger charge is 2.42. The standard InChI is InChI=1S/C46H72N10O16/c1-6-24(4)36(54-41(66)33(22-60)53-43(68)34-9-7-15-55(34)44(69)28(47)19-57)45(70)56-16-8-10-35(56)42(67)49-29(17-23(2)3)38(63)51-32(21-59)40(65)52-31(20-58)39(64)48-25(5)37(62)50-30(46(71)72)18-26-11-13-27(61)14-12-26/h11-14,23-25,28-36,57-61H,6-10,15-22,47H2,1-5H3,(H,48,64)(H,49,67)(H,50,62)(H,51,63)(H,52,65)(H,53,68)(H,54,66)(H,71,72)/t24-,25-,28-,29-,30-,31-,32-,33-,34-,35-,36-/m0/s1. The van der Waals surface area contributed by atoms with Crippen LogP contribution in [0.2, 0.25) is 0 Å².